The lowest BCUT2D eigenvalue weighted by atomic mass is 9.97. The Labute approximate surface area is 91.6 Å². The van der Waals surface area contributed by atoms with E-state index in [9.17, 15) is 0 Å². The van der Waals surface area contributed by atoms with Gasteiger partial charge in [0, 0.05) is 17.8 Å². The maximum atomic E-state index is 3.81. The molecule has 2 aliphatic heterocycles. The number of hydrogen-bond donors (Lipinski definition) is 2. The quantitative estimate of drug-likeness (QED) is 0.741. The predicted molar refractivity (Wildman–Crippen MR) is 63.9 cm³/mol. The molecule has 14 heavy (non-hydrogen) atoms. The molecular formula is C11H22N2S. The van der Waals surface area contributed by atoms with Gasteiger partial charge in [-0.3, -0.25) is 0 Å². The minimum Gasteiger partial charge on any atom is -0.316 e. The van der Waals surface area contributed by atoms with Crippen molar-refractivity contribution in [1.82, 2.24) is 10.6 Å². The molecule has 4 atom stereocenters. The van der Waals surface area contributed by atoms with Gasteiger partial charge in [0.15, 0.2) is 0 Å². The highest BCUT2D eigenvalue weighted by Crippen LogP contribution is 2.25. The van der Waals surface area contributed by atoms with Crippen molar-refractivity contribution in [3.8, 4) is 0 Å². The Bertz CT molecular complexity index is 180. The zero-order chi connectivity index (χ0) is 9.97. The van der Waals surface area contributed by atoms with Crippen LogP contribution in [0.25, 0.3) is 0 Å². The third-order valence-corrected chi connectivity index (χ3v) is 5.00. The summed E-state index contributed by atoms with van der Waals surface area (Å²) in [6.07, 6.45) is 1.35. The van der Waals surface area contributed by atoms with Crippen LogP contribution >= 0.6 is 11.8 Å². The van der Waals surface area contributed by atoms with E-state index in [1.807, 2.05) is 0 Å². The van der Waals surface area contributed by atoms with Crippen LogP contribution in [0.2, 0.25) is 0 Å². The summed E-state index contributed by atoms with van der Waals surface area (Å²) in [7, 11) is 0. The van der Waals surface area contributed by atoms with E-state index in [1.54, 1.807) is 0 Å². The van der Waals surface area contributed by atoms with Gasteiger partial charge in [0.05, 0.1) is 0 Å². The molecule has 0 radical (unpaired) electrons. The smallest absolute Gasteiger partial charge is 0.0194 e. The summed E-state index contributed by atoms with van der Waals surface area (Å²) >= 11 is 2.10. The highest BCUT2D eigenvalue weighted by atomic mass is 32.2. The van der Waals surface area contributed by atoms with E-state index in [4.69, 9.17) is 0 Å². The van der Waals surface area contributed by atoms with Gasteiger partial charge in [0.1, 0.15) is 0 Å². The molecule has 2 rings (SSSR count). The van der Waals surface area contributed by atoms with E-state index in [0.717, 1.165) is 17.9 Å². The summed E-state index contributed by atoms with van der Waals surface area (Å²) in [6, 6.07) is 1.45. The van der Waals surface area contributed by atoms with E-state index in [1.165, 1.54) is 31.0 Å². The fraction of sp³-hybridized carbons (Fsp3) is 1.00. The molecule has 0 aromatic heterocycles. The normalized spacial score (nSPS) is 40.3. The molecule has 0 saturated carbocycles. The first-order valence-corrected chi connectivity index (χ1v) is 6.97. The summed E-state index contributed by atoms with van der Waals surface area (Å²) in [5.41, 5.74) is 0. The maximum Gasteiger partial charge on any atom is 0.0194 e. The van der Waals surface area contributed by atoms with E-state index in [2.05, 4.69) is 36.2 Å². The molecule has 2 nitrogen and oxygen atoms in total. The van der Waals surface area contributed by atoms with Gasteiger partial charge >= 0.3 is 0 Å². The van der Waals surface area contributed by atoms with Gasteiger partial charge in [-0.2, -0.15) is 11.8 Å². The molecule has 0 aromatic carbocycles. The molecule has 0 spiro atoms. The SMILES string of the molecule is CC1CSCC1NC(C)C1CCNC1. The van der Waals surface area contributed by atoms with Crippen LogP contribution < -0.4 is 10.6 Å². The Morgan fingerprint density at radius 1 is 1.43 bits per heavy atom. The van der Waals surface area contributed by atoms with Crippen LogP contribution in [-0.4, -0.2) is 36.7 Å². The van der Waals surface area contributed by atoms with Crippen LogP contribution in [0.4, 0.5) is 0 Å². The Morgan fingerprint density at radius 2 is 2.29 bits per heavy atom. The molecule has 0 aliphatic carbocycles. The highest BCUT2D eigenvalue weighted by Gasteiger charge is 2.28. The second-order valence-corrected chi connectivity index (χ2v) is 5.90. The van der Waals surface area contributed by atoms with Gasteiger partial charge in [-0.15, -0.1) is 0 Å². The monoisotopic (exact) mass is 214 g/mol. The molecule has 2 heterocycles. The van der Waals surface area contributed by atoms with E-state index in [-0.39, 0.29) is 0 Å². The van der Waals surface area contributed by atoms with Crippen LogP contribution in [0, 0.1) is 11.8 Å². The van der Waals surface area contributed by atoms with Gasteiger partial charge < -0.3 is 10.6 Å². The zero-order valence-corrected chi connectivity index (χ0v) is 10.1. The van der Waals surface area contributed by atoms with E-state index >= 15 is 0 Å². The lowest BCUT2D eigenvalue weighted by Crippen LogP contribution is -2.44. The van der Waals surface area contributed by atoms with Crippen LogP contribution in [0.15, 0.2) is 0 Å². The Morgan fingerprint density at radius 3 is 2.86 bits per heavy atom. The minimum absolute atomic E-state index is 0.691. The summed E-state index contributed by atoms with van der Waals surface area (Å²) in [4.78, 5) is 0. The Kier molecular flexibility index (Phi) is 3.74. The van der Waals surface area contributed by atoms with Gasteiger partial charge in [-0.25, -0.2) is 0 Å². The summed E-state index contributed by atoms with van der Waals surface area (Å²) in [5.74, 6) is 4.36. The van der Waals surface area contributed by atoms with Crippen molar-refractivity contribution in [3.05, 3.63) is 0 Å². The van der Waals surface area contributed by atoms with Crippen molar-refractivity contribution < 1.29 is 0 Å². The highest BCUT2D eigenvalue weighted by molar-refractivity contribution is 7.99. The van der Waals surface area contributed by atoms with Crippen molar-refractivity contribution in [3.63, 3.8) is 0 Å². The van der Waals surface area contributed by atoms with Crippen molar-refractivity contribution in [2.75, 3.05) is 24.6 Å². The number of nitrogens with one attached hydrogen (secondary N) is 2. The Hall–Kier alpha value is 0.270. The molecular weight excluding hydrogens is 192 g/mol. The van der Waals surface area contributed by atoms with E-state index < -0.39 is 0 Å². The zero-order valence-electron chi connectivity index (χ0n) is 9.25. The van der Waals surface area contributed by atoms with Crippen LogP contribution in [0.1, 0.15) is 20.3 Å². The predicted octanol–water partition coefficient (Wildman–Crippen LogP) is 1.33. The van der Waals surface area contributed by atoms with Crippen LogP contribution in [-0.2, 0) is 0 Å². The van der Waals surface area contributed by atoms with Gasteiger partial charge in [-0.05, 0) is 44.0 Å². The van der Waals surface area contributed by atoms with Crippen LogP contribution in [0.5, 0.6) is 0 Å². The molecule has 0 amide bonds. The molecule has 4 unspecified atom stereocenters. The lowest BCUT2D eigenvalue weighted by Gasteiger charge is -2.26. The number of hydrogen-bond acceptors (Lipinski definition) is 3. The molecule has 3 heteroatoms. The third-order valence-electron chi connectivity index (χ3n) is 3.65. The summed E-state index contributed by atoms with van der Waals surface area (Å²) in [6.45, 7) is 7.15. The van der Waals surface area contributed by atoms with Gasteiger partial charge in [-0.1, -0.05) is 6.92 Å². The molecule has 0 bridgehead atoms. The second kappa shape index (κ2) is 4.86. The summed E-state index contributed by atoms with van der Waals surface area (Å²) < 4.78 is 0. The van der Waals surface area contributed by atoms with Crippen molar-refractivity contribution >= 4 is 11.8 Å². The lowest BCUT2D eigenvalue weighted by molar-refractivity contribution is 0.334. The van der Waals surface area contributed by atoms with Crippen molar-refractivity contribution in [2.24, 2.45) is 11.8 Å². The first kappa shape index (κ1) is 10.8. The molecule has 0 aromatic rings. The van der Waals surface area contributed by atoms with Crippen molar-refractivity contribution in [2.45, 2.75) is 32.4 Å². The van der Waals surface area contributed by atoms with E-state index in [0.29, 0.717) is 6.04 Å². The molecule has 2 saturated heterocycles. The summed E-state index contributed by atoms with van der Waals surface area (Å²) in [5, 5.41) is 7.25. The minimum atomic E-state index is 0.691. The Balaban J connectivity index is 1.78. The van der Waals surface area contributed by atoms with Crippen molar-refractivity contribution in [1.29, 1.82) is 0 Å². The van der Waals surface area contributed by atoms with Gasteiger partial charge in [0.25, 0.3) is 0 Å². The maximum absolute atomic E-state index is 3.81. The third kappa shape index (κ3) is 2.44. The fourth-order valence-corrected chi connectivity index (χ4v) is 3.87. The average Bonchev–Trinajstić information content (AvgIpc) is 2.77. The fourth-order valence-electron chi connectivity index (χ4n) is 2.45. The molecule has 2 aliphatic rings. The first-order valence-electron chi connectivity index (χ1n) is 5.82. The topological polar surface area (TPSA) is 24.1 Å². The van der Waals surface area contributed by atoms with Gasteiger partial charge in [0.2, 0.25) is 0 Å². The molecule has 2 fully saturated rings. The first-order chi connectivity index (χ1) is 6.77. The number of rotatable bonds is 3. The largest absolute Gasteiger partial charge is 0.316 e. The molecule has 2 N–H and O–H groups in total. The van der Waals surface area contributed by atoms with Crippen LogP contribution in [0.3, 0.4) is 0 Å². The average molecular weight is 214 g/mol. The standard InChI is InChI=1S/C11H22N2S/c1-8-6-14-7-11(8)13-9(2)10-3-4-12-5-10/h8-13H,3-7H2,1-2H3. The second-order valence-electron chi connectivity index (χ2n) is 4.83. The molecule has 82 valence electrons. The number of thioether (sulfide) groups is 1.